The largest absolute Gasteiger partial charge is 0.0776 e. The van der Waals surface area contributed by atoms with E-state index in [1.165, 1.54) is 146 Å². The van der Waals surface area contributed by atoms with E-state index in [-0.39, 0.29) is 16.2 Å². The summed E-state index contributed by atoms with van der Waals surface area (Å²) in [4.78, 5) is 0. The normalized spacial score (nSPS) is 17.6. The molecule has 3 aliphatic rings. The van der Waals surface area contributed by atoms with Crippen LogP contribution >= 0.6 is 0 Å². The highest BCUT2D eigenvalue weighted by molar-refractivity contribution is 6.88. The van der Waals surface area contributed by atoms with Crippen LogP contribution in [0.4, 0.5) is 0 Å². The summed E-state index contributed by atoms with van der Waals surface area (Å²) in [5.41, 5.74) is 23.9. The fraction of sp³-hybridized carbons (Fsp3) is 0.486. The van der Waals surface area contributed by atoms with Crippen molar-refractivity contribution in [3.05, 3.63) is 149 Å². The summed E-state index contributed by atoms with van der Waals surface area (Å²) >= 11 is 0. The zero-order chi connectivity index (χ0) is 50.1. The van der Waals surface area contributed by atoms with Gasteiger partial charge in [-0.3, -0.25) is 0 Å². The van der Waals surface area contributed by atoms with E-state index < -0.39 is 8.07 Å². The summed E-state index contributed by atoms with van der Waals surface area (Å²) in [6.45, 7) is 27.0. The van der Waals surface area contributed by atoms with E-state index in [9.17, 15) is 0 Å². The molecule has 9 rings (SSSR count). The topological polar surface area (TPSA) is 0 Å². The van der Waals surface area contributed by atoms with Gasteiger partial charge in [0.25, 0.3) is 0 Å². The van der Waals surface area contributed by atoms with Crippen LogP contribution in [0, 0.1) is 11.8 Å². The number of rotatable bonds is 23. The first-order valence-corrected chi connectivity index (χ1v) is 32.7. The van der Waals surface area contributed by atoms with Crippen LogP contribution < -0.4 is 5.19 Å². The van der Waals surface area contributed by atoms with Crippen molar-refractivity contribution in [3.8, 4) is 55.6 Å². The van der Waals surface area contributed by atoms with Gasteiger partial charge in [0, 0.05) is 16.2 Å². The highest BCUT2D eigenvalue weighted by Crippen LogP contribution is 2.60. The zero-order valence-corrected chi connectivity index (χ0v) is 47.4. The monoisotopic (exact) mass is 959 g/mol. The summed E-state index contributed by atoms with van der Waals surface area (Å²) in [5.74, 6) is 1.43. The second-order valence-corrected chi connectivity index (χ2v) is 29.2. The third kappa shape index (κ3) is 8.99. The van der Waals surface area contributed by atoms with Gasteiger partial charge in [0.05, 0.1) is 8.07 Å². The molecule has 0 nitrogen and oxygen atoms in total. The summed E-state index contributed by atoms with van der Waals surface area (Å²) in [7, 11) is -1.56. The third-order valence-corrected chi connectivity index (χ3v) is 20.6. The van der Waals surface area contributed by atoms with Crippen LogP contribution in [0.15, 0.2) is 115 Å². The van der Waals surface area contributed by atoms with Gasteiger partial charge in [-0.2, -0.15) is 0 Å². The van der Waals surface area contributed by atoms with Gasteiger partial charge in [-0.1, -0.05) is 248 Å². The summed E-state index contributed by atoms with van der Waals surface area (Å²) < 4.78 is 0. The van der Waals surface area contributed by atoms with Crippen molar-refractivity contribution in [3.63, 3.8) is 0 Å². The maximum Gasteiger partial charge on any atom is 0.0776 e. The summed E-state index contributed by atoms with van der Waals surface area (Å²) in [5, 5.41) is 1.62. The van der Waals surface area contributed by atoms with Gasteiger partial charge in [0.1, 0.15) is 0 Å². The Labute approximate surface area is 433 Å². The lowest BCUT2D eigenvalue weighted by atomic mass is 9.65. The van der Waals surface area contributed by atoms with Crippen LogP contribution in [-0.4, -0.2) is 8.07 Å². The molecule has 374 valence electrons. The smallest absolute Gasteiger partial charge is 0.0656 e. The van der Waals surface area contributed by atoms with Crippen LogP contribution in [0.5, 0.6) is 0 Å². The van der Waals surface area contributed by atoms with E-state index in [4.69, 9.17) is 0 Å². The molecule has 0 radical (unpaired) electrons. The minimum absolute atomic E-state index is 0.0177. The molecule has 6 aromatic carbocycles. The molecular formula is C70H90Si. The predicted molar refractivity (Wildman–Crippen MR) is 314 cm³/mol. The van der Waals surface area contributed by atoms with Gasteiger partial charge in [0.2, 0.25) is 0 Å². The molecule has 0 spiro atoms. The number of unbranched alkanes of at least 4 members (excludes halogenated alkanes) is 2. The van der Waals surface area contributed by atoms with Gasteiger partial charge in [0.15, 0.2) is 0 Å². The lowest BCUT2D eigenvalue weighted by Gasteiger charge is -2.39. The average molecular weight is 960 g/mol. The quantitative estimate of drug-likeness (QED) is 0.0562. The minimum atomic E-state index is -1.56. The van der Waals surface area contributed by atoms with E-state index in [2.05, 4.69) is 190 Å². The lowest BCUT2D eigenvalue weighted by Crippen LogP contribution is -2.39. The van der Waals surface area contributed by atoms with Crippen molar-refractivity contribution in [2.45, 2.75) is 207 Å². The molecule has 0 aromatic heterocycles. The molecule has 2 unspecified atom stereocenters. The van der Waals surface area contributed by atoms with Crippen molar-refractivity contribution in [2.75, 3.05) is 0 Å². The van der Waals surface area contributed by atoms with Crippen LogP contribution in [0.25, 0.3) is 55.6 Å². The molecule has 3 aliphatic carbocycles. The Morgan fingerprint density at radius 1 is 0.352 bits per heavy atom. The van der Waals surface area contributed by atoms with Crippen LogP contribution in [0.1, 0.15) is 204 Å². The molecule has 0 amide bonds. The van der Waals surface area contributed by atoms with Crippen molar-refractivity contribution in [2.24, 2.45) is 11.8 Å². The van der Waals surface area contributed by atoms with Crippen molar-refractivity contribution >= 4 is 13.3 Å². The number of hydrogen-bond acceptors (Lipinski definition) is 0. The van der Waals surface area contributed by atoms with E-state index in [0.717, 1.165) is 25.7 Å². The molecule has 0 heterocycles. The van der Waals surface area contributed by atoms with E-state index >= 15 is 0 Å². The fourth-order valence-corrected chi connectivity index (χ4v) is 16.2. The molecule has 0 N–H and O–H groups in total. The maximum atomic E-state index is 2.75. The highest BCUT2D eigenvalue weighted by Gasteiger charge is 2.47. The zero-order valence-electron chi connectivity index (χ0n) is 46.4. The molecule has 0 fully saturated rings. The first kappa shape index (κ1) is 51.4. The minimum Gasteiger partial charge on any atom is -0.0656 e. The molecule has 0 saturated carbocycles. The molecule has 0 saturated heterocycles. The van der Waals surface area contributed by atoms with Crippen LogP contribution in [-0.2, 0) is 16.2 Å². The second-order valence-electron chi connectivity index (χ2n) is 24.1. The van der Waals surface area contributed by atoms with E-state index in [1.54, 1.807) is 38.6 Å². The van der Waals surface area contributed by atoms with E-state index in [1.807, 2.05) is 0 Å². The number of hydrogen-bond donors (Lipinski definition) is 0. The van der Waals surface area contributed by atoms with Gasteiger partial charge >= 0.3 is 0 Å². The first-order chi connectivity index (χ1) is 34.4. The Bertz CT molecular complexity index is 2800. The Balaban J connectivity index is 1.17. The molecular weight excluding hydrogens is 869 g/mol. The van der Waals surface area contributed by atoms with Crippen molar-refractivity contribution in [1.29, 1.82) is 0 Å². The van der Waals surface area contributed by atoms with Gasteiger partial charge in [-0.05, 0) is 164 Å². The Morgan fingerprint density at radius 2 is 0.690 bits per heavy atom. The highest BCUT2D eigenvalue weighted by atomic mass is 28.3. The van der Waals surface area contributed by atoms with Crippen molar-refractivity contribution < 1.29 is 0 Å². The third-order valence-electron chi connectivity index (χ3n) is 18.6. The van der Waals surface area contributed by atoms with Gasteiger partial charge < -0.3 is 0 Å². The summed E-state index contributed by atoms with van der Waals surface area (Å²) in [6, 6.07) is 47.7. The lowest BCUT2D eigenvalue weighted by molar-refractivity contribution is 0.266. The summed E-state index contributed by atoms with van der Waals surface area (Å²) in [6.07, 6.45) is 22.3. The molecule has 1 heteroatoms. The predicted octanol–water partition coefficient (Wildman–Crippen LogP) is 20.8. The van der Waals surface area contributed by atoms with Gasteiger partial charge in [-0.15, -0.1) is 0 Å². The Hall–Kier alpha value is -4.46. The van der Waals surface area contributed by atoms with Crippen molar-refractivity contribution in [1.82, 2.24) is 0 Å². The van der Waals surface area contributed by atoms with Crippen LogP contribution in [0.3, 0.4) is 0 Å². The molecule has 2 atom stereocenters. The standard InChI is InChI=1S/C70H90Si/c1-12-20-24-49(18-7)47-70(48-50(19-8)25-21-13-2)66-45-54(31-36-60(66)61-37-32-55(46-67(61)70)71(9,10)11)53-30-35-59-58-34-29-52(43-64(58)69(40-16-5,41-17-6)65(59)44-53)51-28-33-57-56-26-22-23-27-62(56)68(38-14-3,39-15-4)63(57)42-51/h22-23,26-37,42-46,49-50H,12-21,24-25,38-41,47-48H2,1-11H3. The second kappa shape index (κ2) is 21.2. The Kier molecular flexibility index (Phi) is 15.3. The molecule has 6 aromatic rings. The number of benzene rings is 6. The average Bonchev–Trinajstić information content (AvgIpc) is 3.91. The SMILES string of the molecule is CCCCC(CC)CC1(CC(CC)CCCC)c2cc(-c3ccc4c(c3)C(CCC)(CCC)c3cc(-c5ccc6c(c5)C(CCC)(CCC)c5ccccc5-6)ccc3-4)ccc2-c2ccc([Si](C)(C)C)cc21. The maximum absolute atomic E-state index is 2.75. The van der Waals surface area contributed by atoms with Crippen LogP contribution in [0.2, 0.25) is 19.6 Å². The molecule has 0 aliphatic heterocycles. The molecule has 0 bridgehead atoms. The van der Waals surface area contributed by atoms with E-state index in [0.29, 0.717) is 11.8 Å². The fourth-order valence-electron chi connectivity index (χ4n) is 15.1. The number of fused-ring (bicyclic) bond motifs is 9. The molecule has 71 heavy (non-hydrogen) atoms. The van der Waals surface area contributed by atoms with Gasteiger partial charge in [-0.25, -0.2) is 0 Å². The Morgan fingerprint density at radius 3 is 1.06 bits per heavy atom. The first-order valence-electron chi connectivity index (χ1n) is 29.2.